The van der Waals surface area contributed by atoms with Crippen molar-refractivity contribution >= 4 is 23.6 Å². The van der Waals surface area contributed by atoms with Crippen molar-refractivity contribution in [2.75, 3.05) is 27.4 Å². The average Bonchev–Trinajstić information content (AvgIpc) is 1.28. The molecule has 21 atom stereocenters. The molecule has 2 aromatic carbocycles. The molecule has 9 aliphatic rings. The van der Waals surface area contributed by atoms with E-state index in [-0.39, 0.29) is 76.9 Å². The number of aliphatic hydroxyl groups is 3. The fourth-order valence-corrected chi connectivity index (χ4v) is 20.1. The molecular weight excluding hydrogens is 1080 g/mol. The van der Waals surface area contributed by atoms with Gasteiger partial charge in [-0.3, -0.25) is 14.5 Å². The number of ether oxygens (including phenoxy) is 7. The van der Waals surface area contributed by atoms with E-state index in [0.29, 0.717) is 43.6 Å². The normalized spacial score (nSPS) is 44.2. The minimum atomic E-state index is -1.39. The van der Waals surface area contributed by atoms with Crippen LogP contribution in [0.5, 0.6) is 0 Å². The second kappa shape index (κ2) is 21.2. The molecule has 85 heavy (non-hydrogen) atoms. The first-order valence-corrected chi connectivity index (χ1v) is 31.3. The van der Waals surface area contributed by atoms with Gasteiger partial charge in [-0.1, -0.05) is 129 Å². The SMILES string of the molecule is CO[C@H]1C[C@H]2OC[C@@]2(C)C2[C@H](C)[C@]3(O)C[C@H](O)C(C)=C([C@@H](C)C(=O)[C@@]21C)C3(C)C.CO[C@H]1C[C@H]2OC[C@@]2(C)C2[C@H](C)[C@]3(O)C[C@H](OC(=O)[C@@H]4OC(c5ccc(C)cc5)N(C(=O)OC(C)(C)C)[C@H]4c4ccccc4)C(C)=C([C@@H](C)C(=O)[C@@]21C)C3(C)C. The molecule has 2 aromatic rings. The molecular formula is C70H99NO14. The number of fused-ring (bicyclic) bond motifs is 10. The number of rotatable bonds is 6. The van der Waals surface area contributed by atoms with Gasteiger partial charge < -0.3 is 48.5 Å². The zero-order valence-electron chi connectivity index (χ0n) is 54.4. The maximum Gasteiger partial charge on any atom is 0.413 e. The Morgan fingerprint density at radius 2 is 1.11 bits per heavy atom. The number of hydrogen-bond acceptors (Lipinski definition) is 14. The molecule has 468 valence electrons. The topological polar surface area (TPSA) is 197 Å². The van der Waals surface area contributed by atoms with Crippen LogP contribution in [0, 0.1) is 74.9 Å². The Morgan fingerprint density at radius 3 is 1.54 bits per heavy atom. The third-order valence-corrected chi connectivity index (χ3v) is 24.4. The third-order valence-electron chi connectivity index (χ3n) is 24.4. The molecule has 15 nitrogen and oxygen atoms in total. The molecule has 4 saturated carbocycles. The highest BCUT2D eigenvalue weighted by molar-refractivity contribution is 5.92. The minimum absolute atomic E-state index is 0.0347. The minimum Gasteiger partial charge on any atom is -0.456 e. The average molecular weight is 1180 g/mol. The molecule has 15 heteroatoms. The van der Waals surface area contributed by atoms with E-state index < -0.39 is 92.9 Å². The van der Waals surface area contributed by atoms with Crippen molar-refractivity contribution in [2.24, 2.45) is 68.0 Å². The highest BCUT2D eigenvalue weighted by Gasteiger charge is 2.75. The van der Waals surface area contributed by atoms with Crippen LogP contribution in [0.2, 0.25) is 0 Å². The number of esters is 1. The Labute approximate surface area is 505 Å². The summed E-state index contributed by atoms with van der Waals surface area (Å²) < 4.78 is 43.3. The third kappa shape index (κ3) is 9.04. The van der Waals surface area contributed by atoms with E-state index in [1.807, 2.05) is 124 Å². The van der Waals surface area contributed by atoms with E-state index in [2.05, 4.69) is 34.6 Å². The summed E-state index contributed by atoms with van der Waals surface area (Å²) in [6, 6.07) is 16.1. The Kier molecular flexibility index (Phi) is 15.9. The van der Waals surface area contributed by atoms with E-state index in [9.17, 15) is 29.7 Å². The lowest BCUT2D eigenvalue weighted by Gasteiger charge is -2.69. The molecule has 7 fully saturated rings. The molecule has 0 aromatic heterocycles. The number of benzene rings is 2. The van der Waals surface area contributed by atoms with Crippen molar-refractivity contribution in [1.29, 1.82) is 0 Å². The van der Waals surface area contributed by atoms with Crippen LogP contribution in [0.1, 0.15) is 172 Å². The number of methoxy groups -OCH3 is 2. The van der Waals surface area contributed by atoms with Gasteiger partial charge in [0.2, 0.25) is 0 Å². The van der Waals surface area contributed by atoms with Crippen molar-refractivity contribution in [1.82, 2.24) is 4.90 Å². The second-order valence-electron chi connectivity index (χ2n) is 30.5. The first-order valence-electron chi connectivity index (χ1n) is 31.3. The fraction of sp³-hybridized carbons (Fsp3) is 0.714. The van der Waals surface area contributed by atoms with Gasteiger partial charge in [0.25, 0.3) is 0 Å². The molecule has 3 aliphatic heterocycles. The van der Waals surface area contributed by atoms with Gasteiger partial charge in [0.15, 0.2) is 12.3 Å². The maximum absolute atomic E-state index is 15.1. The lowest BCUT2D eigenvalue weighted by molar-refractivity contribution is -0.304. The first-order chi connectivity index (χ1) is 39.4. The largest absolute Gasteiger partial charge is 0.456 e. The number of amides is 1. The van der Waals surface area contributed by atoms with Crippen molar-refractivity contribution < 1.29 is 67.7 Å². The molecule has 3 unspecified atom stereocenters. The standard InChI is InChI=1S/C46H61NO9.C24H38O5/c1-25-18-20-30(21-19-25)39-47(41(50)56-42(5,6)7)35(29-16-14-13-15-17-29)36(55-39)40(49)54-31-23-46(51)28(4)37-44(10)24-53-32(44)22-33(52-12)45(37,11)38(48)27(3)34(26(31)2)43(46,8)9;1-12-15(25)10-24(27)14(3)19-22(6)11-29-16(22)9-17(28-8)23(19,7)20(26)13(2)18(12)21(24,4)5/h13-21,27-28,31-33,35-37,39,51H,22-24H2,1-12H3;13-17,19,25,27H,9-11H2,1-8H3/t27-,28+,31+,32-,33+,35+,36-,37?,39?,44-,45-,46-;13-,14+,15+,16-,17+,19?,22-,23-,24-/m11/s1. The predicted molar refractivity (Wildman–Crippen MR) is 320 cm³/mol. The summed E-state index contributed by atoms with van der Waals surface area (Å²) >= 11 is 0. The Balaban J connectivity index is 0.000000232. The number of nitrogens with zero attached hydrogens (tertiary/aromatic N) is 1. The van der Waals surface area contributed by atoms with E-state index in [1.165, 1.54) is 4.90 Å². The maximum atomic E-state index is 15.1. The summed E-state index contributed by atoms with van der Waals surface area (Å²) in [5.74, 6) is -2.39. The van der Waals surface area contributed by atoms with Crippen LogP contribution in [0.4, 0.5) is 4.79 Å². The number of aliphatic hydroxyl groups excluding tert-OH is 1. The van der Waals surface area contributed by atoms with Crippen molar-refractivity contribution in [3.63, 3.8) is 0 Å². The summed E-state index contributed by atoms with van der Waals surface area (Å²) in [5, 5.41) is 36.5. The lowest BCUT2D eigenvalue weighted by atomic mass is 9.40. The predicted octanol–water partition coefficient (Wildman–Crippen LogP) is 11.2. The van der Waals surface area contributed by atoms with Crippen LogP contribution < -0.4 is 0 Å². The quantitative estimate of drug-likeness (QED) is 0.182. The Hall–Kier alpha value is -4.32. The Bertz CT molecular complexity index is 3040. The molecule has 11 rings (SSSR count). The van der Waals surface area contributed by atoms with E-state index in [4.69, 9.17) is 33.2 Å². The first kappa shape index (κ1) is 63.7. The molecule has 0 spiro atoms. The monoisotopic (exact) mass is 1180 g/mol. The van der Waals surface area contributed by atoms with Crippen molar-refractivity contribution in [2.45, 2.75) is 222 Å². The number of ketones is 2. The molecule has 3 saturated heterocycles. The summed E-state index contributed by atoms with van der Waals surface area (Å²) in [6.07, 6.45) is -3.39. The lowest BCUT2D eigenvalue weighted by Crippen LogP contribution is -2.74. The number of carbonyl (C=O) groups is 4. The molecule has 6 aliphatic carbocycles. The second-order valence-corrected chi connectivity index (χ2v) is 30.5. The number of Topliss-reactive ketones (excluding diaryl/α,β-unsaturated/α-hetero) is 2. The van der Waals surface area contributed by atoms with E-state index in [1.54, 1.807) is 35.0 Å². The summed E-state index contributed by atoms with van der Waals surface area (Å²) in [4.78, 5) is 59.9. The van der Waals surface area contributed by atoms with Crippen molar-refractivity contribution in [3.8, 4) is 0 Å². The zero-order valence-corrected chi connectivity index (χ0v) is 54.4. The van der Waals surface area contributed by atoms with E-state index >= 15 is 4.79 Å². The molecule has 1 amide bonds. The molecule has 0 radical (unpaired) electrons. The van der Waals surface area contributed by atoms with Gasteiger partial charge in [-0.2, -0.15) is 0 Å². The number of hydrogen-bond donors (Lipinski definition) is 3. The molecule has 4 bridgehead atoms. The van der Waals surface area contributed by atoms with Crippen molar-refractivity contribution in [3.05, 3.63) is 93.6 Å². The van der Waals surface area contributed by atoms with Gasteiger partial charge in [-0.15, -0.1) is 0 Å². The zero-order chi connectivity index (χ0) is 62.6. The van der Waals surface area contributed by atoms with Gasteiger partial charge >= 0.3 is 12.1 Å². The number of aryl methyl sites for hydroxylation is 1. The van der Waals surface area contributed by atoms with Gasteiger partial charge in [0.05, 0.1) is 65.8 Å². The summed E-state index contributed by atoms with van der Waals surface area (Å²) in [7, 11) is 3.35. The van der Waals surface area contributed by atoms with Crippen LogP contribution in [0.3, 0.4) is 0 Å². The highest BCUT2D eigenvalue weighted by atomic mass is 16.6. The van der Waals surface area contributed by atoms with Gasteiger partial charge in [-0.25, -0.2) is 9.59 Å². The van der Waals surface area contributed by atoms with Gasteiger partial charge in [0.1, 0.15) is 29.3 Å². The van der Waals surface area contributed by atoms with Crippen LogP contribution in [-0.2, 0) is 47.5 Å². The summed E-state index contributed by atoms with van der Waals surface area (Å²) in [5.41, 5.74) is -1.27. The van der Waals surface area contributed by atoms with Gasteiger partial charge in [-0.05, 0) is 107 Å². The summed E-state index contributed by atoms with van der Waals surface area (Å²) in [6.45, 7) is 37.0. The van der Waals surface area contributed by atoms with Gasteiger partial charge in [0, 0.05) is 79.0 Å². The van der Waals surface area contributed by atoms with Crippen LogP contribution >= 0.6 is 0 Å². The highest BCUT2D eigenvalue weighted by Crippen LogP contribution is 2.70. The fourth-order valence-electron chi connectivity index (χ4n) is 20.1. The van der Waals surface area contributed by atoms with Crippen LogP contribution in [0.15, 0.2) is 76.9 Å². The molecule has 3 heterocycles. The molecule has 3 N–H and O–H groups in total. The van der Waals surface area contributed by atoms with Crippen LogP contribution in [0.25, 0.3) is 0 Å². The van der Waals surface area contributed by atoms with Crippen LogP contribution in [-0.4, -0.2) is 131 Å². The Morgan fingerprint density at radius 1 is 0.647 bits per heavy atom. The van der Waals surface area contributed by atoms with E-state index in [0.717, 1.165) is 27.9 Å². The smallest absolute Gasteiger partial charge is 0.413 e. The number of carbonyl (C=O) groups excluding carboxylic acids is 4.